The van der Waals surface area contributed by atoms with Crippen molar-refractivity contribution in [3.8, 4) is 0 Å². The summed E-state index contributed by atoms with van der Waals surface area (Å²) in [6.07, 6.45) is 7.21. The molecule has 1 amide bonds. The number of nitrogens with one attached hydrogen (secondary N) is 1. The van der Waals surface area contributed by atoms with Gasteiger partial charge in [0, 0.05) is 6.61 Å². The minimum Gasteiger partial charge on any atom is -0.372 e. The summed E-state index contributed by atoms with van der Waals surface area (Å²) in [4.78, 5) is 16.6. The number of ether oxygens (including phenoxy) is 4. The molecule has 0 saturated carbocycles. The van der Waals surface area contributed by atoms with Gasteiger partial charge in [-0.25, -0.2) is 17.9 Å². The maximum atomic E-state index is 12.2. The predicted octanol–water partition coefficient (Wildman–Crippen LogP) is 4.49. The van der Waals surface area contributed by atoms with Crippen molar-refractivity contribution in [3.63, 3.8) is 0 Å². The monoisotopic (exact) mass is 526 g/mol. The summed E-state index contributed by atoms with van der Waals surface area (Å²) < 4.78 is 50.0. The van der Waals surface area contributed by atoms with Crippen LogP contribution in [0.5, 0.6) is 0 Å². The zero-order valence-electron chi connectivity index (χ0n) is 21.3. The Labute approximate surface area is 213 Å². The van der Waals surface area contributed by atoms with Crippen LogP contribution in [0, 0.1) is 0 Å². The van der Waals surface area contributed by atoms with E-state index in [1.165, 1.54) is 56.9 Å². The molecule has 1 aromatic rings. The van der Waals surface area contributed by atoms with E-state index in [2.05, 4.69) is 12.1 Å². The predicted molar refractivity (Wildman–Crippen MR) is 133 cm³/mol. The number of hydrogen-bond acceptors (Lipinski definition) is 9. The average molecular weight is 527 g/mol. The maximum Gasteiger partial charge on any atom is 0.447 e. The van der Waals surface area contributed by atoms with E-state index in [4.69, 9.17) is 23.8 Å². The Morgan fingerprint density at radius 2 is 1.72 bits per heavy atom. The van der Waals surface area contributed by atoms with Crippen molar-refractivity contribution in [1.82, 2.24) is 4.72 Å². The van der Waals surface area contributed by atoms with Crippen LogP contribution in [0.1, 0.15) is 72.1 Å². The molecule has 2 saturated heterocycles. The van der Waals surface area contributed by atoms with E-state index in [0.29, 0.717) is 6.61 Å². The van der Waals surface area contributed by atoms with Gasteiger partial charge in [0.1, 0.15) is 18.3 Å². The molecule has 4 atom stereocenters. The number of amides is 1. The van der Waals surface area contributed by atoms with Crippen molar-refractivity contribution < 1.29 is 37.0 Å². The molecule has 11 heteroatoms. The summed E-state index contributed by atoms with van der Waals surface area (Å²) >= 11 is 0. The van der Waals surface area contributed by atoms with Gasteiger partial charge in [0.05, 0.1) is 11.1 Å². The van der Waals surface area contributed by atoms with Crippen molar-refractivity contribution in [2.75, 3.05) is 6.61 Å². The summed E-state index contributed by atoms with van der Waals surface area (Å²) in [5, 5.41) is 3.62. The maximum absolute atomic E-state index is 12.2. The molecule has 2 heterocycles. The number of unbranched alkanes of at least 4 members (excludes halogenated alkanes) is 7. The van der Waals surface area contributed by atoms with Crippen LogP contribution in [0.25, 0.3) is 0 Å². The highest BCUT2D eigenvalue weighted by Crippen LogP contribution is 2.38. The summed E-state index contributed by atoms with van der Waals surface area (Å²) in [6, 6.07) is 7.48. The smallest absolute Gasteiger partial charge is 0.372 e. The third-order valence-corrected chi connectivity index (χ3v) is 7.28. The van der Waals surface area contributed by atoms with Crippen LogP contribution >= 0.6 is 0 Å². The van der Waals surface area contributed by atoms with Crippen LogP contribution in [-0.2, 0) is 33.8 Å². The van der Waals surface area contributed by atoms with Gasteiger partial charge in [-0.05, 0) is 32.4 Å². The van der Waals surface area contributed by atoms with Crippen LogP contribution in [0.3, 0.4) is 0 Å². The zero-order chi connectivity index (χ0) is 26.0. The van der Waals surface area contributed by atoms with Crippen molar-refractivity contribution in [2.45, 2.75) is 107 Å². The van der Waals surface area contributed by atoms with E-state index in [1.54, 1.807) is 36.8 Å². The topological polar surface area (TPSA) is 122 Å². The standard InChI is InChI=1S/C25H38N2O8S/c1-4-5-6-7-8-9-10-14-17-31-21-20(32-23-22(21)33-25(2,3)34-23)18-26-35-24(28)27-36(29,30)19-15-12-11-13-16-19/h11-13,15-16,18,20-23H,4-10,14,17H2,1-3H3,(H,27,28)/b26-18+/t20-,21+,22-,23-/m1/s1. The fourth-order valence-electron chi connectivity index (χ4n) is 4.19. The number of rotatable bonds is 14. The highest BCUT2D eigenvalue weighted by molar-refractivity contribution is 7.90. The molecule has 0 aliphatic carbocycles. The summed E-state index contributed by atoms with van der Waals surface area (Å²) in [5.74, 6) is -0.806. The Kier molecular flexibility index (Phi) is 10.7. The number of carbonyl (C=O) groups excluding carboxylic acids is 1. The molecule has 2 aliphatic rings. The van der Waals surface area contributed by atoms with Crippen LogP contribution < -0.4 is 4.72 Å². The van der Waals surface area contributed by atoms with Gasteiger partial charge in [0.2, 0.25) is 0 Å². The molecule has 0 aromatic heterocycles. The fourth-order valence-corrected chi connectivity index (χ4v) is 5.08. The molecule has 0 radical (unpaired) electrons. The lowest BCUT2D eigenvalue weighted by atomic mass is 10.1. The number of hydrogen-bond donors (Lipinski definition) is 1. The van der Waals surface area contributed by atoms with Crippen LogP contribution in [0.2, 0.25) is 0 Å². The summed E-state index contributed by atoms with van der Waals surface area (Å²) in [6.45, 7) is 6.34. The van der Waals surface area contributed by atoms with E-state index in [-0.39, 0.29) is 4.90 Å². The van der Waals surface area contributed by atoms with Crippen molar-refractivity contribution in [2.24, 2.45) is 5.16 Å². The lowest BCUT2D eigenvalue weighted by molar-refractivity contribution is -0.209. The first kappa shape index (κ1) is 28.5. The summed E-state index contributed by atoms with van der Waals surface area (Å²) in [5.41, 5.74) is 0. The number of oxime groups is 1. The van der Waals surface area contributed by atoms with Crippen LogP contribution in [0.15, 0.2) is 40.4 Å². The quantitative estimate of drug-likeness (QED) is 0.163. The highest BCUT2D eigenvalue weighted by atomic mass is 32.2. The summed E-state index contributed by atoms with van der Waals surface area (Å²) in [7, 11) is -4.07. The SMILES string of the molecule is CCCCCCCCCCO[C@@H]1[C@H]2OC(C)(C)O[C@H]2O[C@@H]1/C=N/OC(=O)NS(=O)(=O)c1ccccc1. The van der Waals surface area contributed by atoms with Gasteiger partial charge in [0.25, 0.3) is 10.0 Å². The fraction of sp³-hybridized carbons (Fsp3) is 0.680. The molecular weight excluding hydrogens is 488 g/mol. The van der Waals surface area contributed by atoms with E-state index >= 15 is 0 Å². The Balaban J connectivity index is 1.47. The second kappa shape index (κ2) is 13.5. The Hall–Kier alpha value is -2.05. The van der Waals surface area contributed by atoms with Gasteiger partial charge < -0.3 is 18.9 Å². The minimum atomic E-state index is -4.07. The zero-order valence-corrected chi connectivity index (χ0v) is 22.1. The van der Waals surface area contributed by atoms with E-state index < -0.39 is 46.5 Å². The van der Waals surface area contributed by atoms with E-state index in [0.717, 1.165) is 12.8 Å². The molecule has 0 bridgehead atoms. The van der Waals surface area contributed by atoms with Crippen molar-refractivity contribution >= 4 is 22.3 Å². The first-order valence-corrected chi connectivity index (χ1v) is 14.2. The van der Waals surface area contributed by atoms with Crippen molar-refractivity contribution in [1.29, 1.82) is 0 Å². The van der Waals surface area contributed by atoms with Crippen LogP contribution in [0.4, 0.5) is 4.79 Å². The average Bonchev–Trinajstić information content (AvgIpc) is 3.29. The third kappa shape index (κ3) is 8.52. The van der Waals surface area contributed by atoms with Gasteiger partial charge in [-0.1, -0.05) is 75.2 Å². The van der Waals surface area contributed by atoms with Gasteiger partial charge in [-0.15, -0.1) is 0 Å². The van der Waals surface area contributed by atoms with Gasteiger partial charge in [-0.2, -0.15) is 0 Å². The molecular formula is C25H38N2O8S. The molecule has 202 valence electrons. The molecule has 0 unspecified atom stereocenters. The Morgan fingerprint density at radius 3 is 2.42 bits per heavy atom. The van der Waals surface area contributed by atoms with Crippen LogP contribution in [-0.4, -0.2) is 57.7 Å². The first-order valence-electron chi connectivity index (χ1n) is 12.7. The normalized spacial score (nSPS) is 25.2. The van der Waals surface area contributed by atoms with Gasteiger partial charge in [-0.3, -0.25) is 4.84 Å². The van der Waals surface area contributed by atoms with E-state index in [1.807, 2.05) is 0 Å². The Morgan fingerprint density at radius 1 is 1.06 bits per heavy atom. The molecule has 10 nitrogen and oxygen atoms in total. The molecule has 1 N–H and O–H groups in total. The number of nitrogens with zero attached hydrogens (tertiary/aromatic N) is 1. The van der Waals surface area contributed by atoms with Crippen molar-refractivity contribution in [3.05, 3.63) is 30.3 Å². The second-order valence-electron chi connectivity index (χ2n) is 9.43. The van der Waals surface area contributed by atoms with E-state index in [9.17, 15) is 13.2 Å². The minimum absolute atomic E-state index is 0.0655. The van der Waals surface area contributed by atoms with Gasteiger partial charge in [0.15, 0.2) is 12.1 Å². The Bertz CT molecular complexity index is 954. The first-order chi connectivity index (χ1) is 17.2. The number of fused-ring (bicyclic) bond motifs is 1. The second-order valence-corrected chi connectivity index (χ2v) is 11.1. The number of benzene rings is 1. The lowest BCUT2D eigenvalue weighted by Gasteiger charge is -2.24. The molecule has 1 aromatic carbocycles. The number of sulfonamides is 1. The molecule has 2 fully saturated rings. The molecule has 0 spiro atoms. The number of carbonyl (C=O) groups is 1. The van der Waals surface area contributed by atoms with Gasteiger partial charge >= 0.3 is 6.09 Å². The lowest BCUT2D eigenvalue weighted by Crippen LogP contribution is -2.38. The molecule has 2 aliphatic heterocycles. The highest BCUT2D eigenvalue weighted by Gasteiger charge is 2.55. The molecule has 3 rings (SSSR count). The molecule has 36 heavy (non-hydrogen) atoms. The third-order valence-electron chi connectivity index (χ3n) is 5.95. The largest absolute Gasteiger partial charge is 0.447 e.